The molecule has 0 N–H and O–H groups in total. The highest BCUT2D eigenvalue weighted by Crippen LogP contribution is 2.38. The third-order valence-corrected chi connectivity index (χ3v) is 4.34. The van der Waals surface area contributed by atoms with Gasteiger partial charge in [0, 0.05) is 30.1 Å². The third-order valence-electron chi connectivity index (χ3n) is 4.34. The minimum absolute atomic E-state index is 0.185. The Morgan fingerprint density at radius 3 is 2.92 bits per heavy atom. The molecule has 1 aliphatic rings. The molecule has 0 radical (unpaired) electrons. The van der Waals surface area contributed by atoms with Gasteiger partial charge in [-0.25, -0.2) is 9.97 Å². The van der Waals surface area contributed by atoms with Crippen LogP contribution in [0, 0.1) is 6.92 Å². The lowest BCUT2D eigenvalue weighted by molar-refractivity contribution is 0.214. The van der Waals surface area contributed by atoms with Crippen molar-refractivity contribution in [2.24, 2.45) is 0 Å². The maximum Gasteiger partial charge on any atom is 0.164 e. The number of nitrogens with zero attached hydrogens (tertiary/aromatic N) is 3. The molecule has 0 aliphatic carbocycles. The fraction of sp³-hybridized carbons (Fsp3) is 0.263. The molecule has 122 valence electrons. The average Bonchev–Trinajstić information content (AvgIpc) is 3.10. The molecule has 1 aromatic carbocycles. The van der Waals surface area contributed by atoms with Crippen molar-refractivity contribution in [1.29, 1.82) is 0 Å². The molecule has 1 atom stereocenters. The van der Waals surface area contributed by atoms with Crippen molar-refractivity contribution in [3.8, 4) is 23.0 Å². The number of aromatic nitrogens is 3. The molecular formula is C19H19N3O2. The molecule has 4 rings (SSSR count). The molecule has 0 saturated carbocycles. The third kappa shape index (κ3) is 2.52. The summed E-state index contributed by atoms with van der Waals surface area (Å²) in [5.41, 5.74) is 3.02. The van der Waals surface area contributed by atoms with Gasteiger partial charge in [-0.15, -0.1) is 0 Å². The van der Waals surface area contributed by atoms with Crippen LogP contribution in [-0.4, -0.2) is 28.3 Å². The van der Waals surface area contributed by atoms with Crippen LogP contribution in [0.4, 0.5) is 0 Å². The van der Waals surface area contributed by atoms with E-state index in [4.69, 9.17) is 9.47 Å². The number of imidazole rings is 1. The summed E-state index contributed by atoms with van der Waals surface area (Å²) in [7, 11) is 1.67. The van der Waals surface area contributed by atoms with Crippen LogP contribution in [0.1, 0.15) is 17.3 Å². The summed E-state index contributed by atoms with van der Waals surface area (Å²) in [6.07, 6.45) is 4.70. The van der Waals surface area contributed by atoms with Crippen molar-refractivity contribution < 1.29 is 9.47 Å². The van der Waals surface area contributed by atoms with E-state index in [0.29, 0.717) is 6.61 Å². The second kappa shape index (κ2) is 6.00. The van der Waals surface area contributed by atoms with E-state index in [2.05, 4.69) is 20.6 Å². The molecule has 5 nitrogen and oxygen atoms in total. The van der Waals surface area contributed by atoms with E-state index in [0.717, 1.165) is 40.7 Å². The average molecular weight is 321 g/mol. The number of fused-ring (bicyclic) bond motifs is 1. The van der Waals surface area contributed by atoms with Crippen LogP contribution in [0.25, 0.3) is 11.5 Å². The van der Waals surface area contributed by atoms with Gasteiger partial charge in [-0.1, -0.05) is 18.2 Å². The van der Waals surface area contributed by atoms with Gasteiger partial charge in [0.15, 0.2) is 17.3 Å². The Hall–Kier alpha value is -2.82. The highest BCUT2D eigenvalue weighted by atomic mass is 16.5. The van der Waals surface area contributed by atoms with Crippen LogP contribution in [0.15, 0.2) is 48.8 Å². The zero-order chi connectivity index (χ0) is 16.5. The van der Waals surface area contributed by atoms with Gasteiger partial charge < -0.3 is 14.0 Å². The number of para-hydroxylation sites is 1. The summed E-state index contributed by atoms with van der Waals surface area (Å²) in [6, 6.07) is 12.2. The summed E-state index contributed by atoms with van der Waals surface area (Å²) in [5.74, 6) is 2.52. The molecule has 1 unspecified atom stereocenters. The van der Waals surface area contributed by atoms with E-state index in [1.807, 2.05) is 49.6 Å². The SMILES string of the molecule is COc1cccc2c1OCC(n1ccnc1-c1cccc(C)n1)C2. The van der Waals surface area contributed by atoms with Crippen molar-refractivity contribution in [3.63, 3.8) is 0 Å². The number of pyridine rings is 1. The van der Waals surface area contributed by atoms with Gasteiger partial charge in [0.2, 0.25) is 0 Å². The Kier molecular flexibility index (Phi) is 3.69. The predicted molar refractivity (Wildman–Crippen MR) is 91.4 cm³/mol. The van der Waals surface area contributed by atoms with E-state index in [-0.39, 0.29) is 6.04 Å². The van der Waals surface area contributed by atoms with Crippen molar-refractivity contribution >= 4 is 0 Å². The molecule has 0 bridgehead atoms. The van der Waals surface area contributed by atoms with E-state index in [9.17, 15) is 0 Å². The Labute approximate surface area is 140 Å². The molecule has 2 aromatic heterocycles. The van der Waals surface area contributed by atoms with Crippen molar-refractivity contribution in [2.75, 3.05) is 13.7 Å². The van der Waals surface area contributed by atoms with E-state index >= 15 is 0 Å². The van der Waals surface area contributed by atoms with Gasteiger partial charge >= 0.3 is 0 Å². The van der Waals surface area contributed by atoms with Crippen LogP contribution in [0.3, 0.4) is 0 Å². The molecule has 5 heteroatoms. The minimum Gasteiger partial charge on any atom is -0.493 e. The molecule has 0 amide bonds. The van der Waals surface area contributed by atoms with E-state index < -0.39 is 0 Å². The molecule has 24 heavy (non-hydrogen) atoms. The van der Waals surface area contributed by atoms with E-state index in [1.165, 1.54) is 0 Å². The Morgan fingerprint density at radius 1 is 1.21 bits per heavy atom. The van der Waals surface area contributed by atoms with Crippen LogP contribution in [0.5, 0.6) is 11.5 Å². The Morgan fingerprint density at radius 2 is 2.08 bits per heavy atom. The molecule has 1 aliphatic heterocycles. The summed E-state index contributed by atoms with van der Waals surface area (Å²) < 4.78 is 13.6. The number of rotatable bonds is 3. The van der Waals surface area contributed by atoms with Crippen molar-refractivity contribution in [3.05, 3.63) is 60.0 Å². The van der Waals surface area contributed by atoms with Gasteiger partial charge in [-0.2, -0.15) is 0 Å². The van der Waals surface area contributed by atoms with Gasteiger partial charge in [-0.05, 0) is 25.1 Å². The maximum atomic E-state index is 6.00. The van der Waals surface area contributed by atoms with Gasteiger partial charge in [0.1, 0.15) is 12.3 Å². The lowest BCUT2D eigenvalue weighted by atomic mass is 10.0. The number of ether oxygens (including phenoxy) is 2. The van der Waals surface area contributed by atoms with Crippen LogP contribution in [-0.2, 0) is 6.42 Å². The molecule has 0 spiro atoms. The number of hydrogen-bond acceptors (Lipinski definition) is 4. The normalized spacial score (nSPS) is 16.3. The standard InChI is InChI=1S/C19H19N3O2/c1-13-5-3-7-16(21-13)19-20-9-10-22(19)15-11-14-6-4-8-17(23-2)18(14)24-12-15/h3-10,15H,11-12H2,1-2H3. The van der Waals surface area contributed by atoms with Gasteiger partial charge in [-0.3, -0.25) is 0 Å². The first-order valence-corrected chi connectivity index (χ1v) is 8.02. The first kappa shape index (κ1) is 14.8. The Bertz CT molecular complexity index is 873. The number of methoxy groups -OCH3 is 1. The summed E-state index contributed by atoms with van der Waals surface area (Å²) in [5, 5.41) is 0. The van der Waals surface area contributed by atoms with Gasteiger partial charge in [0.25, 0.3) is 0 Å². The number of aryl methyl sites for hydroxylation is 1. The fourth-order valence-corrected chi connectivity index (χ4v) is 3.19. The topological polar surface area (TPSA) is 49.2 Å². The quantitative estimate of drug-likeness (QED) is 0.741. The molecule has 3 heterocycles. The summed E-state index contributed by atoms with van der Waals surface area (Å²) in [4.78, 5) is 9.11. The zero-order valence-electron chi connectivity index (χ0n) is 13.8. The lowest BCUT2D eigenvalue weighted by Crippen LogP contribution is -2.25. The molecule has 0 fully saturated rings. The van der Waals surface area contributed by atoms with Crippen LogP contribution >= 0.6 is 0 Å². The molecule has 0 saturated heterocycles. The summed E-state index contributed by atoms with van der Waals surface area (Å²) in [6.45, 7) is 2.57. The van der Waals surface area contributed by atoms with Crippen LogP contribution in [0.2, 0.25) is 0 Å². The second-order valence-electron chi connectivity index (χ2n) is 5.94. The maximum absolute atomic E-state index is 6.00. The monoisotopic (exact) mass is 321 g/mol. The molecule has 3 aromatic rings. The zero-order valence-corrected chi connectivity index (χ0v) is 13.8. The smallest absolute Gasteiger partial charge is 0.164 e. The largest absolute Gasteiger partial charge is 0.493 e. The first-order chi connectivity index (χ1) is 11.8. The fourth-order valence-electron chi connectivity index (χ4n) is 3.19. The van der Waals surface area contributed by atoms with Crippen LogP contribution < -0.4 is 9.47 Å². The lowest BCUT2D eigenvalue weighted by Gasteiger charge is -2.28. The predicted octanol–water partition coefficient (Wildman–Crippen LogP) is 3.44. The number of hydrogen-bond donors (Lipinski definition) is 0. The van der Waals surface area contributed by atoms with Gasteiger partial charge in [0.05, 0.1) is 13.2 Å². The highest BCUT2D eigenvalue weighted by molar-refractivity contribution is 5.51. The van der Waals surface area contributed by atoms with Crippen molar-refractivity contribution in [2.45, 2.75) is 19.4 Å². The molecular weight excluding hydrogens is 302 g/mol. The Balaban J connectivity index is 1.68. The summed E-state index contributed by atoms with van der Waals surface area (Å²) >= 11 is 0. The van der Waals surface area contributed by atoms with Crippen molar-refractivity contribution in [1.82, 2.24) is 14.5 Å². The highest BCUT2D eigenvalue weighted by Gasteiger charge is 2.25. The number of benzene rings is 1. The second-order valence-corrected chi connectivity index (χ2v) is 5.94. The van der Waals surface area contributed by atoms with E-state index in [1.54, 1.807) is 7.11 Å². The first-order valence-electron chi connectivity index (χ1n) is 8.02. The minimum atomic E-state index is 0.185.